The summed E-state index contributed by atoms with van der Waals surface area (Å²) in [6.07, 6.45) is 0. The predicted octanol–water partition coefficient (Wildman–Crippen LogP) is 3.03. The van der Waals surface area contributed by atoms with Crippen LogP contribution in [0.25, 0.3) is 0 Å². The number of nitrogens with zero attached hydrogens (tertiary/aromatic N) is 1. The fraction of sp³-hybridized carbons (Fsp3) is 1.00. The Morgan fingerprint density at radius 3 is 1.93 bits per heavy atom. The normalized spacial score (nSPS) is 12.6. The van der Waals surface area contributed by atoms with Gasteiger partial charge in [0.15, 0.2) is 0 Å². The minimum Gasteiger partial charge on any atom is -0.384 e. The molecule has 0 heterocycles. The molecule has 0 fully saturated rings. The molecule has 0 saturated carbocycles. The third-order valence-corrected chi connectivity index (χ3v) is 2.13. The van der Waals surface area contributed by atoms with Crippen molar-refractivity contribution in [2.75, 3.05) is 26.8 Å². The zero-order chi connectivity index (χ0) is 11.6. The first-order valence-electron chi connectivity index (χ1n) is 5.84. The molecule has 0 amide bonds. The first-order valence-corrected chi connectivity index (χ1v) is 5.84. The molecule has 14 heavy (non-hydrogen) atoms. The number of methoxy groups -OCH3 is 1. The van der Waals surface area contributed by atoms with Crippen LogP contribution in [0.4, 0.5) is 0 Å². The second-order valence-electron chi connectivity index (χ2n) is 3.74. The van der Waals surface area contributed by atoms with Crippen molar-refractivity contribution in [1.82, 2.24) is 4.90 Å². The van der Waals surface area contributed by atoms with Crippen molar-refractivity contribution in [1.29, 1.82) is 0 Å². The molecule has 0 bridgehead atoms. The van der Waals surface area contributed by atoms with Crippen LogP contribution in [0.1, 0.15) is 41.5 Å². The van der Waals surface area contributed by atoms with Gasteiger partial charge < -0.3 is 9.64 Å². The molecule has 2 nitrogen and oxygen atoms in total. The average molecular weight is 203 g/mol. The van der Waals surface area contributed by atoms with Crippen molar-refractivity contribution in [2.45, 2.75) is 47.6 Å². The Kier molecular flexibility index (Phi) is 12.8. The summed E-state index contributed by atoms with van der Waals surface area (Å²) in [4.78, 5) is 2.46. The van der Waals surface area contributed by atoms with Gasteiger partial charge in [-0.3, -0.25) is 0 Å². The summed E-state index contributed by atoms with van der Waals surface area (Å²) in [5.74, 6) is 0.636. The number of hydrogen-bond donors (Lipinski definition) is 0. The lowest BCUT2D eigenvalue weighted by atomic mass is 10.1. The zero-order valence-electron chi connectivity index (χ0n) is 11.1. The van der Waals surface area contributed by atoms with Gasteiger partial charge in [-0.25, -0.2) is 0 Å². The van der Waals surface area contributed by atoms with Crippen LogP contribution in [0.5, 0.6) is 0 Å². The van der Waals surface area contributed by atoms with E-state index in [1.807, 2.05) is 13.8 Å². The first kappa shape index (κ1) is 16.4. The maximum absolute atomic E-state index is 5.10. The summed E-state index contributed by atoms with van der Waals surface area (Å²) < 4.78 is 5.10. The van der Waals surface area contributed by atoms with Gasteiger partial charge in [-0.2, -0.15) is 0 Å². The molecule has 0 saturated heterocycles. The van der Waals surface area contributed by atoms with Crippen LogP contribution in [0.15, 0.2) is 0 Å². The Bertz CT molecular complexity index is 104. The van der Waals surface area contributed by atoms with Crippen molar-refractivity contribution >= 4 is 0 Å². The Morgan fingerprint density at radius 2 is 1.64 bits per heavy atom. The molecule has 0 aliphatic rings. The van der Waals surface area contributed by atoms with Crippen molar-refractivity contribution in [3.63, 3.8) is 0 Å². The molecule has 0 N–H and O–H groups in total. The quantitative estimate of drug-likeness (QED) is 0.658. The Labute approximate surface area is 90.6 Å². The molecule has 0 aromatic rings. The topological polar surface area (TPSA) is 12.5 Å². The van der Waals surface area contributed by atoms with Crippen LogP contribution in [0.3, 0.4) is 0 Å². The van der Waals surface area contributed by atoms with E-state index in [1.54, 1.807) is 7.11 Å². The summed E-state index contributed by atoms with van der Waals surface area (Å²) in [7, 11) is 1.77. The lowest BCUT2D eigenvalue weighted by molar-refractivity contribution is 0.119. The largest absolute Gasteiger partial charge is 0.384 e. The van der Waals surface area contributed by atoms with Gasteiger partial charge in [-0.05, 0) is 26.3 Å². The molecule has 0 radical (unpaired) electrons. The Morgan fingerprint density at radius 1 is 1.14 bits per heavy atom. The van der Waals surface area contributed by atoms with E-state index in [2.05, 4.69) is 32.6 Å². The highest BCUT2D eigenvalue weighted by Gasteiger charge is 2.10. The van der Waals surface area contributed by atoms with Crippen LogP contribution in [0.2, 0.25) is 0 Å². The fourth-order valence-corrected chi connectivity index (χ4v) is 1.44. The van der Waals surface area contributed by atoms with Crippen LogP contribution in [-0.4, -0.2) is 37.7 Å². The van der Waals surface area contributed by atoms with Gasteiger partial charge in [0.1, 0.15) is 0 Å². The van der Waals surface area contributed by atoms with E-state index in [1.165, 1.54) is 0 Å². The minimum atomic E-state index is 0.636. The van der Waals surface area contributed by atoms with Gasteiger partial charge in [0.25, 0.3) is 0 Å². The summed E-state index contributed by atoms with van der Waals surface area (Å²) in [6, 6.07) is 0.648. The van der Waals surface area contributed by atoms with E-state index in [0.717, 1.165) is 19.7 Å². The third kappa shape index (κ3) is 8.52. The van der Waals surface area contributed by atoms with Crippen LogP contribution in [0, 0.1) is 5.92 Å². The summed E-state index contributed by atoms with van der Waals surface area (Å²) in [5.41, 5.74) is 0. The number of rotatable bonds is 6. The van der Waals surface area contributed by atoms with Crippen molar-refractivity contribution in [2.24, 2.45) is 5.92 Å². The van der Waals surface area contributed by atoms with Gasteiger partial charge in [0.05, 0.1) is 0 Å². The lowest BCUT2D eigenvalue weighted by Gasteiger charge is -2.27. The van der Waals surface area contributed by atoms with Gasteiger partial charge in [0.2, 0.25) is 0 Å². The molecular weight excluding hydrogens is 174 g/mol. The van der Waals surface area contributed by atoms with Crippen LogP contribution < -0.4 is 0 Å². The molecule has 0 aromatic carbocycles. The smallest absolute Gasteiger partial charge is 0.0500 e. The van der Waals surface area contributed by atoms with E-state index in [9.17, 15) is 0 Å². The average Bonchev–Trinajstić information content (AvgIpc) is 2.17. The van der Waals surface area contributed by atoms with E-state index >= 15 is 0 Å². The molecule has 0 aliphatic carbocycles. The van der Waals surface area contributed by atoms with Crippen LogP contribution >= 0.6 is 0 Å². The van der Waals surface area contributed by atoms with Gasteiger partial charge in [-0.15, -0.1) is 0 Å². The molecule has 0 rings (SSSR count). The second-order valence-corrected chi connectivity index (χ2v) is 3.74. The minimum absolute atomic E-state index is 0.636. The standard InChI is InChI=1S/C10H23NO.C2H6/c1-6-11(9(2)3)7-10(4)8-12-5;1-2/h9-10H,6-8H2,1-5H3;1-2H3. The summed E-state index contributed by atoms with van der Waals surface area (Å²) in [6.45, 7) is 16.1. The molecule has 2 heteroatoms. The lowest BCUT2D eigenvalue weighted by Crippen LogP contribution is -2.35. The summed E-state index contributed by atoms with van der Waals surface area (Å²) >= 11 is 0. The van der Waals surface area contributed by atoms with Crippen molar-refractivity contribution in [3.05, 3.63) is 0 Å². The molecular formula is C12H29NO. The fourth-order valence-electron chi connectivity index (χ4n) is 1.44. The predicted molar refractivity (Wildman–Crippen MR) is 64.8 cm³/mol. The van der Waals surface area contributed by atoms with E-state index in [-0.39, 0.29) is 0 Å². The monoisotopic (exact) mass is 203 g/mol. The van der Waals surface area contributed by atoms with E-state index in [0.29, 0.717) is 12.0 Å². The highest BCUT2D eigenvalue weighted by atomic mass is 16.5. The Balaban J connectivity index is 0. The maximum atomic E-state index is 5.10. The highest BCUT2D eigenvalue weighted by Crippen LogP contribution is 2.04. The second kappa shape index (κ2) is 11.0. The van der Waals surface area contributed by atoms with E-state index < -0.39 is 0 Å². The third-order valence-electron chi connectivity index (χ3n) is 2.13. The molecule has 0 aliphatic heterocycles. The van der Waals surface area contributed by atoms with Crippen LogP contribution in [-0.2, 0) is 4.74 Å². The highest BCUT2D eigenvalue weighted by molar-refractivity contribution is 4.64. The molecule has 1 unspecified atom stereocenters. The molecule has 88 valence electrons. The Hall–Kier alpha value is -0.0800. The van der Waals surface area contributed by atoms with Crippen molar-refractivity contribution < 1.29 is 4.74 Å². The maximum Gasteiger partial charge on any atom is 0.0500 e. The molecule has 0 spiro atoms. The molecule has 1 atom stereocenters. The number of ether oxygens (including phenoxy) is 1. The first-order chi connectivity index (χ1) is 6.61. The summed E-state index contributed by atoms with van der Waals surface area (Å²) in [5, 5.41) is 0. The van der Waals surface area contributed by atoms with E-state index in [4.69, 9.17) is 4.74 Å². The van der Waals surface area contributed by atoms with Crippen molar-refractivity contribution in [3.8, 4) is 0 Å². The van der Waals surface area contributed by atoms with Gasteiger partial charge >= 0.3 is 0 Å². The molecule has 0 aromatic heterocycles. The zero-order valence-corrected chi connectivity index (χ0v) is 11.1. The SMILES string of the molecule is CC.CCN(CC(C)COC)C(C)C. The van der Waals surface area contributed by atoms with Gasteiger partial charge in [0, 0.05) is 26.3 Å². The number of hydrogen-bond acceptors (Lipinski definition) is 2. The van der Waals surface area contributed by atoms with Gasteiger partial charge in [-0.1, -0.05) is 27.7 Å².